The highest BCUT2D eigenvalue weighted by Crippen LogP contribution is 2.30. The summed E-state index contributed by atoms with van der Waals surface area (Å²) in [7, 11) is -3.92. The number of hydrogen-bond donors (Lipinski definition) is 4. The number of morpholine rings is 1. The number of aryl methyl sites for hydroxylation is 1. The average Bonchev–Trinajstić information content (AvgIpc) is 4.07. The molecule has 4 N–H and O–H groups in total. The highest BCUT2D eigenvalue weighted by molar-refractivity contribution is 7.84. The van der Waals surface area contributed by atoms with Crippen LogP contribution in [0.5, 0.6) is 5.75 Å². The van der Waals surface area contributed by atoms with E-state index in [0.29, 0.717) is 58.2 Å². The molecule has 4 amide bonds. The number of amides is 4. The summed E-state index contributed by atoms with van der Waals surface area (Å²) in [4.78, 5) is 94.7. The quantitative estimate of drug-likeness (QED) is 0.0237. The third-order valence-electron chi connectivity index (χ3n) is 12.0. The third-order valence-corrected chi connectivity index (χ3v) is 12.0. The molecular weight excluding hydrogens is 935 g/mol. The SMILES string of the molecule is CCC(=O)Oc1ccc(C[N+]2(CC(=O)NC(CCc3ccccc3)C(=O)NC(CC(C)C)C(=O)NC(Cc3ccccc3)C(=O)NC(CC(C)C)C(=O)[C@@]3(C)CO3)CCOCC2)cc1C=O.CS(=O)(=O)[O-]. The van der Waals surface area contributed by atoms with Gasteiger partial charge in [-0.2, -0.15) is 0 Å². The summed E-state index contributed by atoms with van der Waals surface area (Å²) in [5.41, 5.74) is 1.77. The van der Waals surface area contributed by atoms with Gasteiger partial charge in [-0.05, 0) is 73.8 Å². The number of ether oxygens (including phenoxy) is 3. The van der Waals surface area contributed by atoms with Crippen LogP contribution in [0.25, 0.3) is 0 Å². The first-order chi connectivity index (χ1) is 33.5. The van der Waals surface area contributed by atoms with Crippen LogP contribution in [0.2, 0.25) is 0 Å². The van der Waals surface area contributed by atoms with Crippen molar-refractivity contribution in [1.29, 1.82) is 0 Å². The second-order valence-corrected chi connectivity index (χ2v) is 20.8. The minimum Gasteiger partial charge on any atom is -0.748 e. The maximum absolute atomic E-state index is 14.5. The maximum atomic E-state index is 14.5. The lowest BCUT2D eigenvalue weighted by Gasteiger charge is -2.41. The molecule has 2 aliphatic heterocycles. The molecule has 3 aromatic carbocycles. The van der Waals surface area contributed by atoms with E-state index in [1.54, 1.807) is 32.0 Å². The van der Waals surface area contributed by atoms with E-state index in [2.05, 4.69) is 21.3 Å². The lowest BCUT2D eigenvalue weighted by atomic mass is 9.93. The number of ketones is 1. The molecule has 0 radical (unpaired) electrons. The third kappa shape index (κ3) is 20.1. The van der Waals surface area contributed by atoms with Gasteiger partial charge in [0, 0.05) is 24.7 Å². The van der Waals surface area contributed by atoms with E-state index >= 15 is 0 Å². The lowest BCUT2D eigenvalue weighted by molar-refractivity contribution is -0.940. The van der Waals surface area contributed by atoms with E-state index in [4.69, 9.17) is 27.2 Å². The van der Waals surface area contributed by atoms with Crippen LogP contribution in [0.3, 0.4) is 0 Å². The van der Waals surface area contributed by atoms with Crippen LogP contribution in [0.1, 0.15) is 94.3 Å². The Morgan fingerprint density at radius 2 is 1.28 bits per heavy atom. The van der Waals surface area contributed by atoms with E-state index < -0.39 is 63.6 Å². The summed E-state index contributed by atoms with van der Waals surface area (Å²) < 4.78 is 44.0. The van der Waals surface area contributed by atoms with Gasteiger partial charge in [-0.3, -0.25) is 33.6 Å². The number of nitrogens with one attached hydrogen (secondary N) is 4. The minimum atomic E-state index is -3.92. The van der Waals surface area contributed by atoms with Crippen molar-refractivity contribution < 1.29 is 65.2 Å². The summed E-state index contributed by atoms with van der Waals surface area (Å²) in [6.07, 6.45) is 2.83. The van der Waals surface area contributed by atoms with Crippen LogP contribution in [0.4, 0.5) is 0 Å². The van der Waals surface area contributed by atoms with Crippen molar-refractivity contribution in [2.75, 3.05) is 45.7 Å². The van der Waals surface area contributed by atoms with Gasteiger partial charge in [-0.15, -0.1) is 0 Å². The molecule has 2 aliphatic rings. The fourth-order valence-corrected chi connectivity index (χ4v) is 8.24. The molecule has 0 aromatic heterocycles. The molecule has 0 bridgehead atoms. The summed E-state index contributed by atoms with van der Waals surface area (Å²) in [6.45, 7) is 13.6. The first-order valence-corrected chi connectivity index (χ1v) is 25.9. The zero-order chi connectivity index (χ0) is 52.4. The number of carbonyl (C=O) groups excluding carboxylic acids is 7. The van der Waals surface area contributed by atoms with Crippen molar-refractivity contribution in [1.82, 2.24) is 21.3 Å². The Balaban J connectivity index is 0.00000208. The van der Waals surface area contributed by atoms with Crippen LogP contribution >= 0.6 is 0 Å². The summed E-state index contributed by atoms with van der Waals surface area (Å²) in [6, 6.07) is 19.8. The van der Waals surface area contributed by atoms with Gasteiger partial charge in [0.2, 0.25) is 17.7 Å². The number of rotatable bonds is 25. The predicted octanol–water partition coefficient (Wildman–Crippen LogP) is 3.59. The van der Waals surface area contributed by atoms with Gasteiger partial charge in [0.05, 0.1) is 41.5 Å². The number of benzene rings is 3. The second-order valence-electron chi connectivity index (χ2n) is 19.4. The van der Waals surface area contributed by atoms with Crippen molar-refractivity contribution in [3.63, 3.8) is 0 Å². The van der Waals surface area contributed by atoms with Crippen molar-refractivity contribution in [2.24, 2.45) is 11.8 Å². The molecule has 18 nitrogen and oxygen atoms in total. The molecular formula is C52H71N5O13S. The molecule has 2 saturated heterocycles. The largest absolute Gasteiger partial charge is 0.748 e. The summed E-state index contributed by atoms with van der Waals surface area (Å²) in [5, 5.41) is 11.8. The molecule has 2 fully saturated rings. The zero-order valence-electron chi connectivity index (χ0n) is 41.9. The van der Waals surface area contributed by atoms with Crippen molar-refractivity contribution in [2.45, 2.75) is 116 Å². The van der Waals surface area contributed by atoms with Gasteiger partial charge in [-0.1, -0.05) is 95.3 Å². The Kier molecular flexibility index (Phi) is 22.0. The van der Waals surface area contributed by atoms with E-state index in [1.807, 2.05) is 88.4 Å². The van der Waals surface area contributed by atoms with Gasteiger partial charge in [0.25, 0.3) is 5.91 Å². The molecule has 388 valence electrons. The monoisotopic (exact) mass is 1010 g/mol. The highest BCUT2D eigenvalue weighted by Gasteiger charge is 2.50. The Morgan fingerprint density at radius 1 is 0.761 bits per heavy atom. The fraction of sp³-hybridized carbons (Fsp3) is 0.519. The van der Waals surface area contributed by atoms with Gasteiger partial charge in [-0.25, -0.2) is 8.42 Å². The number of hydrogen-bond acceptors (Lipinski definition) is 13. The van der Waals surface area contributed by atoms with Crippen molar-refractivity contribution in [3.8, 4) is 5.75 Å². The van der Waals surface area contributed by atoms with Gasteiger partial charge >= 0.3 is 5.97 Å². The van der Waals surface area contributed by atoms with Gasteiger partial charge in [0.15, 0.2) is 18.6 Å². The summed E-state index contributed by atoms with van der Waals surface area (Å²) in [5.74, 6) is -2.52. The smallest absolute Gasteiger partial charge is 0.310 e. The van der Waals surface area contributed by atoms with Crippen LogP contribution in [0.15, 0.2) is 78.9 Å². The number of nitrogens with zero attached hydrogens (tertiary/aromatic N) is 1. The highest BCUT2D eigenvalue weighted by atomic mass is 32.2. The number of esters is 1. The lowest BCUT2D eigenvalue weighted by Crippen LogP contribution is -2.61. The summed E-state index contributed by atoms with van der Waals surface area (Å²) >= 11 is 0. The predicted molar refractivity (Wildman–Crippen MR) is 264 cm³/mol. The number of quaternary nitrogens is 1. The Hall–Kier alpha value is -5.86. The topological polar surface area (TPSA) is 256 Å². The molecule has 2 heterocycles. The van der Waals surface area contributed by atoms with E-state index in [-0.39, 0.29) is 78.2 Å². The molecule has 0 saturated carbocycles. The van der Waals surface area contributed by atoms with Crippen LogP contribution in [-0.2, 0) is 67.7 Å². The standard InChI is InChI=1S/C51H67N5O10.CH4O3S/c1-7-46(59)66-44-21-19-38(28-39(44)32-57)30-56(22-24-64-25-23-56)31-45(58)52-40(20-18-36-14-10-8-11-15-36)48(61)54-42(27-35(4)5)49(62)55-43(29-37-16-12-9-13-17-37)50(63)53-41(26-34(2)3)47(60)51(6)33-65-51;1-5(2,3)4/h8-17,19,21,28,32,34-35,40-43H,7,18,20,22-27,29-31,33H2,1-6H3,(H3-,52,53,54,55,58,61,62,63);1H3,(H,2,3,4)/t40?,41?,42?,43?,51-;/m1./s1. The van der Waals surface area contributed by atoms with Crippen LogP contribution in [0, 0.1) is 11.8 Å². The van der Waals surface area contributed by atoms with E-state index in [1.165, 1.54) is 0 Å². The molecule has 71 heavy (non-hydrogen) atoms. The van der Waals surface area contributed by atoms with Crippen LogP contribution < -0.4 is 26.0 Å². The number of aldehydes is 1. The van der Waals surface area contributed by atoms with Gasteiger partial charge in [0.1, 0.15) is 49.1 Å². The Labute approximate surface area is 417 Å². The Bertz CT molecular complexity index is 2380. The zero-order valence-corrected chi connectivity index (χ0v) is 42.7. The van der Waals surface area contributed by atoms with Crippen molar-refractivity contribution in [3.05, 3.63) is 101 Å². The molecule has 0 spiro atoms. The van der Waals surface area contributed by atoms with E-state index in [9.17, 15) is 33.6 Å². The molecule has 5 atom stereocenters. The number of Topliss-reactive ketones (excluding diaryl/α,β-unsaturated/α-hetero) is 1. The average molecular weight is 1010 g/mol. The molecule has 19 heteroatoms. The minimum absolute atomic E-state index is 0.000754. The van der Waals surface area contributed by atoms with E-state index in [0.717, 1.165) is 16.7 Å². The van der Waals surface area contributed by atoms with Gasteiger partial charge < -0.3 is 44.5 Å². The maximum Gasteiger partial charge on any atom is 0.310 e. The molecule has 3 aromatic rings. The second kappa shape index (κ2) is 27.1. The first-order valence-electron chi connectivity index (χ1n) is 24.1. The van der Waals surface area contributed by atoms with Crippen molar-refractivity contribution >= 4 is 51.8 Å². The normalized spacial score (nSPS) is 17.8. The Morgan fingerprint density at radius 3 is 1.83 bits per heavy atom. The van der Waals surface area contributed by atoms with Crippen LogP contribution in [-0.4, -0.2) is 135 Å². The number of carbonyl (C=O) groups is 7. The first kappa shape index (κ1) is 57.7. The molecule has 0 aliphatic carbocycles. The fourth-order valence-electron chi connectivity index (χ4n) is 8.24. The molecule has 5 rings (SSSR count). The number of epoxide rings is 1. The molecule has 4 unspecified atom stereocenters.